The monoisotopic (exact) mass is 450 g/mol. The first-order valence-electron chi connectivity index (χ1n) is 7.55. The average Bonchev–Trinajstić information content (AvgIpc) is 2.84. The van der Waals surface area contributed by atoms with Crippen molar-refractivity contribution in [2.75, 3.05) is 0 Å². The number of rotatable bonds is 2. The van der Waals surface area contributed by atoms with Crippen molar-refractivity contribution < 1.29 is 74.9 Å². The maximum absolute atomic E-state index is 5.63. The maximum Gasteiger partial charge on any atom is 0.101 e. The molecule has 2 aliphatic rings. The van der Waals surface area contributed by atoms with E-state index in [1.54, 1.807) is 0 Å². The van der Waals surface area contributed by atoms with Crippen molar-refractivity contribution in [2.24, 2.45) is 23.7 Å². The van der Waals surface area contributed by atoms with Crippen LogP contribution in [0.25, 0.3) is 0 Å². The molecule has 2 rings (SSSR count). The van der Waals surface area contributed by atoms with E-state index in [9.17, 15) is 0 Å². The fourth-order valence-electron chi connectivity index (χ4n) is 2.60. The molecule has 0 N–H and O–H groups in total. The van der Waals surface area contributed by atoms with E-state index in [1.165, 1.54) is 0 Å². The minimum Gasteiger partial charge on any atom is -0.555 e. The first kappa shape index (κ1) is 26.5. The minimum absolute atomic E-state index is 0. The van der Waals surface area contributed by atoms with E-state index in [-0.39, 0.29) is 89.3 Å². The smallest absolute Gasteiger partial charge is 0.101 e. The van der Waals surface area contributed by atoms with Crippen molar-refractivity contribution in [3.05, 3.63) is 26.1 Å². The van der Waals surface area contributed by atoms with Crippen LogP contribution in [0.4, 0.5) is 0 Å². The Labute approximate surface area is 191 Å². The molecular weight excluding hydrogens is 424 g/mol. The molecule has 6 atom stereocenters. The van der Waals surface area contributed by atoms with Gasteiger partial charge in [-0.25, -0.2) is 0 Å². The van der Waals surface area contributed by atoms with Gasteiger partial charge in [0.25, 0.3) is 0 Å². The minimum atomic E-state index is -0.176. The third-order valence-electron chi connectivity index (χ3n) is 4.42. The van der Waals surface area contributed by atoms with Gasteiger partial charge in [0.2, 0.25) is 0 Å². The third-order valence-corrected chi connectivity index (χ3v) is 4.42. The maximum atomic E-state index is 5.63. The summed E-state index contributed by atoms with van der Waals surface area (Å²) in [5.41, 5.74) is 0. The topological polar surface area (TPSA) is 18.5 Å². The zero-order chi connectivity index (χ0) is 15.4. The zero-order valence-corrected chi connectivity index (χ0v) is 20.1. The molecular formula is C16H26B2O2Y2-4. The quantitative estimate of drug-likeness (QED) is 0.476. The van der Waals surface area contributed by atoms with Crippen LogP contribution >= 0.6 is 0 Å². The van der Waals surface area contributed by atoms with Crippen molar-refractivity contribution in [3.8, 4) is 0 Å². The van der Waals surface area contributed by atoms with Crippen molar-refractivity contribution >= 4 is 15.7 Å². The van der Waals surface area contributed by atoms with Crippen molar-refractivity contribution in [1.29, 1.82) is 0 Å². The molecule has 2 heterocycles. The van der Waals surface area contributed by atoms with Gasteiger partial charge in [0.05, 0.1) is 0 Å². The van der Waals surface area contributed by atoms with Crippen molar-refractivity contribution in [3.63, 3.8) is 0 Å². The molecule has 0 amide bonds. The molecule has 2 aliphatic heterocycles. The number of hydrogen-bond acceptors (Lipinski definition) is 2. The summed E-state index contributed by atoms with van der Waals surface area (Å²) in [6, 6.07) is -0.352. The van der Waals surface area contributed by atoms with Crippen LogP contribution in [0.2, 0.25) is 0 Å². The average molecular weight is 450 g/mol. The second-order valence-corrected chi connectivity index (χ2v) is 5.71. The predicted octanol–water partition coefficient (Wildman–Crippen LogP) is 3.07. The van der Waals surface area contributed by atoms with E-state index in [2.05, 4.69) is 41.5 Å². The van der Waals surface area contributed by atoms with E-state index in [0.29, 0.717) is 11.8 Å². The van der Waals surface area contributed by atoms with Crippen molar-refractivity contribution in [2.45, 2.75) is 52.5 Å². The van der Waals surface area contributed by atoms with Gasteiger partial charge in [0.15, 0.2) is 0 Å². The Morgan fingerprint density at radius 3 is 1.18 bits per heavy atom. The van der Waals surface area contributed by atoms with Gasteiger partial charge < -0.3 is 23.3 Å². The molecule has 6 radical (unpaired) electrons. The molecule has 0 aliphatic carbocycles. The summed E-state index contributed by atoms with van der Waals surface area (Å²) in [6.45, 7) is 16.2. The largest absolute Gasteiger partial charge is 0.555 e. The summed E-state index contributed by atoms with van der Waals surface area (Å²) < 4.78 is 10.7. The van der Waals surface area contributed by atoms with E-state index < -0.39 is 0 Å². The fraction of sp³-hybridized carbons (Fsp3) is 0.750. The van der Waals surface area contributed by atoms with Crippen LogP contribution < -0.4 is 0 Å². The molecule has 2 saturated heterocycles. The summed E-state index contributed by atoms with van der Waals surface area (Å²) in [5.74, 6) is 1.32. The van der Waals surface area contributed by atoms with Crippen LogP contribution in [0, 0.1) is 49.7 Å². The second kappa shape index (κ2) is 12.6. The first-order valence-corrected chi connectivity index (χ1v) is 7.55. The predicted molar refractivity (Wildman–Crippen MR) is 84.3 cm³/mol. The van der Waals surface area contributed by atoms with Gasteiger partial charge >= 0.3 is 0 Å². The molecule has 3 unspecified atom stereocenters. The van der Waals surface area contributed by atoms with Gasteiger partial charge in [0, 0.05) is 65.4 Å². The van der Waals surface area contributed by atoms with Crippen LogP contribution in [-0.2, 0) is 74.9 Å². The SMILES string of the molecule is [B][C@@H]1O[C-](CC)C(C)C1[CH2-].[B][C@@H]1O[C-](CC)[C@@H](C)C1[CH2-].[Y].[Y]. The molecule has 22 heavy (non-hydrogen) atoms. The van der Waals surface area contributed by atoms with E-state index in [4.69, 9.17) is 25.2 Å². The van der Waals surface area contributed by atoms with Gasteiger partial charge in [-0.3, -0.25) is 0 Å². The van der Waals surface area contributed by atoms with Gasteiger partial charge in [-0.05, 0) is 12.0 Å². The van der Waals surface area contributed by atoms with Crippen LogP contribution in [-0.4, -0.2) is 27.7 Å². The first-order chi connectivity index (χ1) is 9.33. The Kier molecular flexibility index (Phi) is 15.2. The van der Waals surface area contributed by atoms with E-state index in [1.807, 2.05) is 0 Å². The Balaban J connectivity index is 0. The Hall–Kier alpha value is 2.26. The molecule has 0 aromatic carbocycles. The normalized spacial score (nSPS) is 38.6. The molecule has 0 spiro atoms. The second-order valence-electron chi connectivity index (χ2n) is 5.71. The van der Waals surface area contributed by atoms with Gasteiger partial charge in [-0.2, -0.15) is 48.7 Å². The van der Waals surface area contributed by atoms with Crippen LogP contribution in [0.3, 0.4) is 0 Å². The van der Waals surface area contributed by atoms with Crippen LogP contribution in [0.15, 0.2) is 0 Å². The molecule has 0 saturated carbocycles. The fourth-order valence-corrected chi connectivity index (χ4v) is 2.60. The standard InChI is InChI=1S/2C8H13BO.2Y/c2*1-4-7-5(2)6(3)8(9)10-7;;/h2*5-6,8H,3-4H2,1-2H3;;/q2*-2;;/t5?,6?,8-;5-,6?,8+;;/m10../s1. The molecule has 6 heteroatoms. The van der Waals surface area contributed by atoms with Crippen molar-refractivity contribution in [1.82, 2.24) is 0 Å². The molecule has 2 nitrogen and oxygen atoms in total. The zero-order valence-electron chi connectivity index (χ0n) is 14.4. The van der Waals surface area contributed by atoms with E-state index >= 15 is 0 Å². The Morgan fingerprint density at radius 1 is 0.818 bits per heavy atom. The Bertz CT molecular complexity index is 269. The summed E-state index contributed by atoms with van der Waals surface area (Å²) in [5, 5.41) is 0. The summed E-state index contributed by atoms with van der Waals surface area (Å²) >= 11 is 0. The molecule has 118 valence electrons. The third kappa shape index (κ3) is 6.87. The molecule has 0 bridgehead atoms. The summed E-state index contributed by atoms with van der Waals surface area (Å²) in [4.78, 5) is 0. The summed E-state index contributed by atoms with van der Waals surface area (Å²) in [6.07, 6.45) is 4.13. The van der Waals surface area contributed by atoms with Gasteiger partial charge in [-0.1, -0.05) is 27.7 Å². The van der Waals surface area contributed by atoms with Gasteiger partial charge in [-0.15, -0.1) is 0 Å². The molecule has 0 aromatic rings. The molecule has 0 aromatic heterocycles. The Morgan fingerprint density at radius 2 is 1.09 bits per heavy atom. The molecule has 2 fully saturated rings. The van der Waals surface area contributed by atoms with Crippen LogP contribution in [0.1, 0.15) is 40.5 Å². The number of ether oxygens (including phenoxy) is 2. The number of hydrogen-bond donors (Lipinski definition) is 0. The van der Waals surface area contributed by atoms with Gasteiger partial charge in [0.1, 0.15) is 15.7 Å². The summed E-state index contributed by atoms with van der Waals surface area (Å²) in [7, 11) is 11.3. The van der Waals surface area contributed by atoms with Crippen LogP contribution in [0.5, 0.6) is 0 Å². The van der Waals surface area contributed by atoms with E-state index in [0.717, 1.165) is 25.0 Å².